The SMILES string of the molecule is O=C(NCCc1c[nH]c2ccccc12)Nc1cnn(CCN2CCOCC2)c1. The number of amides is 2. The zero-order chi connectivity index (χ0) is 19.2. The van der Waals surface area contributed by atoms with Gasteiger partial charge in [-0.25, -0.2) is 4.79 Å². The third-order valence-electron chi connectivity index (χ3n) is 4.99. The van der Waals surface area contributed by atoms with Crippen LogP contribution in [0.3, 0.4) is 0 Å². The molecule has 0 atom stereocenters. The lowest BCUT2D eigenvalue weighted by Gasteiger charge is -2.26. The zero-order valence-corrected chi connectivity index (χ0v) is 15.9. The third-order valence-corrected chi connectivity index (χ3v) is 4.99. The molecule has 3 aromatic rings. The van der Waals surface area contributed by atoms with Gasteiger partial charge in [-0.05, 0) is 18.1 Å². The number of urea groups is 1. The number of morpholine rings is 1. The van der Waals surface area contributed by atoms with Crippen LogP contribution in [-0.2, 0) is 17.7 Å². The summed E-state index contributed by atoms with van der Waals surface area (Å²) in [7, 11) is 0. The quantitative estimate of drug-likeness (QED) is 0.584. The fourth-order valence-electron chi connectivity index (χ4n) is 3.44. The van der Waals surface area contributed by atoms with E-state index in [2.05, 4.69) is 37.7 Å². The maximum absolute atomic E-state index is 12.1. The molecule has 3 N–H and O–H groups in total. The van der Waals surface area contributed by atoms with Gasteiger partial charge in [0.2, 0.25) is 0 Å². The average molecular weight is 382 g/mol. The van der Waals surface area contributed by atoms with Crippen molar-refractivity contribution >= 4 is 22.6 Å². The van der Waals surface area contributed by atoms with Crippen molar-refractivity contribution in [2.24, 2.45) is 0 Å². The third kappa shape index (κ3) is 4.71. The molecule has 0 unspecified atom stereocenters. The number of hydrogen-bond donors (Lipinski definition) is 3. The first-order valence-electron chi connectivity index (χ1n) is 9.70. The second-order valence-corrected chi connectivity index (χ2v) is 6.94. The van der Waals surface area contributed by atoms with Crippen LogP contribution in [0.15, 0.2) is 42.9 Å². The molecule has 2 amide bonds. The highest BCUT2D eigenvalue weighted by molar-refractivity contribution is 5.89. The highest BCUT2D eigenvalue weighted by Crippen LogP contribution is 2.17. The highest BCUT2D eigenvalue weighted by Gasteiger charge is 2.11. The van der Waals surface area contributed by atoms with E-state index in [-0.39, 0.29) is 6.03 Å². The monoisotopic (exact) mass is 382 g/mol. The molecule has 1 aliphatic rings. The standard InChI is InChI=1S/C20H26N6O2/c27-20(21-6-5-16-13-22-19-4-2-1-3-18(16)19)24-17-14-23-26(15-17)8-7-25-9-11-28-12-10-25/h1-4,13-15,22H,5-12H2,(H2,21,24,27). The molecule has 8 heteroatoms. The van der Waals surface area contributed by atoms with Crippen molar-refractivity contribution in [2.75, 3.05) is 44.7 Å². The minimum atomic E-state index is -0.215. The maximum atomic E-state index is 12.1. The Labute approximate surface area is 163 Å². The van der Waals surface area contributed by atoms with Crippen LogP contribution in [0.2, 0.25) is 0 Å². The number of ether oxygens (including phenoxy) is 1. The highest BCUT2D eigenvalue weighted by atomic mass is 16.5. The molecule has 1 saturated heterocycles. The molecule has 0 spiro atoms. The lowest BCUT2D eigenvalue weighted by molar-refractivity contribution is 0.0360. The number of hydrogen-bond acceptors (Lipinski definition) is 4. The Morgan fingerprint density at radius 3 is 2.96 bits per heavy atom. The second kappa shape index (κ2) is 8.90. The number of carbonyl (C=O) groups excluding carboxylic acids is 1. The minimum Gasteiger partial charge on any atom is -0.379 e. The van der Waals surface area contributed by atoms with Crippen LogP contribution >= 0.6 is 0 Å². The van der Waals surface area contributed by atoms with Gasteiger partial charge in [-0.1, -0.05) is 18.2 Å². The van der Waals surface area contributed by atoms with Gasteiger partial charge in [-0.2, -0.15) is 5.10 Å². The van der Waals surface area contributed by atoms with Crippen molar-refractivity contribution in [1.29, 1.82) is 0 Å². The van der Waals surface area contributed by atoms with Crippen molar-refractivity contribution in [3.63, 3.8) is 0 Å². The number of anilines is 1. The van der Waals surface area contributed by atoms with Gasteiger partial charge in [0, 0.05) is 49.5 Å². The van der Waals surface area contributed by atoms with E-state index in [0.717, 1.165) is 51.3 Å². The minimum absolute atomic E-state index is 0.215. The summed E-state index contributed by atoms with van der Waals surface area (Å²) in [6.45, 7) is 5.82. The Kier molecular flexibility index (Phi) is 5.89. The summed E-state index contributed by atoms with van der Waals surface area (Å²) in [5.74, 6) is 0. The molecule has 0 radical (unpaired) electrons. The van der Waals surface area contributed by atoms with E-state index in [4.69, 9.17) is 4.74 Å². The number of aromatic nitrogens is 3. The van der Waals surface area contributed by atoms with Gasteiger partial charge in [0.1, 0.15) is 0 Å². The number of nitrogens with one attached hydrogen (secondary N) is 3. The van der Waals surface area contributed by atoms with E-state index < -0.39 is 0 Å². The summed E-state index contributed by atoms with van der Waals surface area (Å²) in [5.41, 5.74) is 3.02. The van der Waals surface area contributed by atoms with E-state index in [1.807, 2.05) is 29.2 Å². The number of fused-ring (bicyclic) bond motifs is 1. The predicted molar refractivity (Wildman–Crippen MR) is 109 cm³/mol. The number of aromatic amines is 1. The molecule has 0 saturated carbocycles. The van der Waals surface area contributed by atoms with E-state index in [1.165, 1.54) is 10.9 Å². The molecular weight excluding hydrogens is 356 g/mol. The van der Waals surface area contributed by atoms with Gasteiger partial charge in [0.25, 0.3) is 0 Å². The number of nitrogens with zero attached hydrogens (tertiary/aromatic N) is 3. The smallest absolute Gasteiger partial charge is 0.319 e. The molecule has 148 valence electrons. The maximum Gasteiger partial charge on any atom is 0.319 e. The van der Waals surface area contributed by atoms with Crippen LogP contribution in [0.4, 0.5) is 10.5 Å². The molecule has 1 aliphatic heterocycles. The fraction of sp³-hybridized carbons (Fsp3) is 0.400. The summed E-state index contributed by atoms with van der Waals surface area (Å²) in [6.07, 6.45) is 6.32. The molecule has 28 heavy (non-hydrogen) atoms. The van der Waals surface area contributed by atoms with Crippen LogP contribution in [0.1, 0.15) is 5.56 Å². The normalized spacial score (nSPS) is 15.0. The fourth-order valence-corrected chi connectivity index (χ4v) is 3.44. The number of para-hydroxylation sites is 1. The molecule has 2 aromatic heterocycles. The van der Waals surface area contributed by atoms with E-state index in [0.29, 0.717) is 12.2 Å². The molecule has 4 rings (SSSR count). The van der Waals surface area contributed by atoms with Crippen LogP contribution < -0.4 is 10.6 Å². The van der Waals surface area contributed by atoms with E-state index >= 15 is 0 Å². The van der Waals surface area contributed by atoms with Gasteiger partial charge >= 0.3 is 6.03 Å². The van der Waals surface area contributed by atoms with E-state index in [1.54, 1.807) is 6.20 Å². The summed E-state index contributed by atoms with van der Waals surface area (Å²) < 4.78 is 7.21. The molecule has 1 fully saturated rings. The Balaban J connectivity index is 1.20. The first-order valence-corrected chi connectivity index (χ1v) is 9.70. The van der Waals surface area contributed by atoms with Crippen LogP contribution in [0.5, 0.6) is 0 Å². The number of H-pyrrole nitrogens is 1. The predicted octanol–water partition coefficient (Wildman–Crippen LogP) is 2.06. The molecule has 8 nitrogen and oxygen atoms in total. The first kappa shape index (κ1) is 18.5. The second-order valence-electron chi connectivity index (χ2n) is 6.94. The van der Waals surface area contributed by atoms with E-state index in [9.17, 15) is 4.79 Å². The largest absolute Gasteiger partial charge is 0.379 e. The molecule has 0 aliphatic carbocycles. The summed E-state index contributed by atoms with van der Waals surface area (Å²) in [5, 5.41) is 11.3. The lowest BCUT2D eigenvalue weighted by Crippen LogP contribution is -2.38. The lowest BCUT2D eigenvalue weighted by atomic mass is 10.1. The zero-order valence-electron chi connectivity index (χ0n) is 15.9. The molecular formula is C20H26N6O2. The number of carbonyl (C=O) groups is 1. The van der Waals surface area contributed by atoms with Crippen molar-refractivity contribution in [2.45, 2.75) is 13.0 Å². The van der Waals surface area contributed by atoms with Gasteiger partial charge in [0.15, 0.2) is 0 Å². The molecule has 3 heterocycles. The Hall–Kier alpha value is -2.84. The van der Waals surface area contributed by atoms with Crippen molar-refractivity contribution < 1.29 is 9.53 Å². The number of rotatable bonds is 7. The summed E-state index contributed by atoms with van der Waals surface area (Å²) in [4.78, 5) is 17.7. The first-order chi connectivity index (χ1) is 13.8. The van der Waals surface area contributed by atoms with Crippen molar-refractivity contribution in [3.05, 3.63) is 48.4 Å². The Morgan fingerprint density at radius 1 is 1.21 bits per heavy atom. The van der Waals surface area contributed by atoms with Gasteiger partial charge in [-0.15, -0.1) is 0 Å². The van der Waals surface area contributed by atoms with Crippen LogP contribution in [0.25, 0.3) is 10.9 Å². The summed E-state index contributed by atoms with van der Waals surface area (Å²) >= 11 is 0. The Morgan fingerprint density at radius 2 is 2.07 bits per heavy atom. The summed E-state index contributed by atoms with van der Waals surface area (Å²) in [6, 6.07) is 7.96. The van der Waals surface area contributed by atoms with Gasteiger partial charge in [0.05, 0.1) is 31.6 Å². The van der Waals surface area contributed by atoms with Crippen molar-refractivity contribution in [3.8, 4) is 0 Å². The average Bonchev–Trinajstić information content (AvgIpc) is 3.34. The number of benzene rings is 1. The van der Waals surface area contributed by atoms with Crippen LogP contribution in [0, 0.1) is 0 Å². The molecule has 1 aromatic carbocycles. The molecule has 0 bridgehead atoms. The van der Waals surface area contributed by atoms with Crippen LogP contribution in [-0.4, -0.2) is 65.1 Å². The van der Waals surface area contributed by atoms with Crippen molar-refractivity contribution in [1.82, 2.24) is 25.0 Å². The van der Waals surface area contributed by atoms with Gasteiger partial charge in [-0.3, -0.25) is 9.58 Å². The topological polar surface area (TPSA) is 87.2 Å². The van der Waals surface area contributed by atoms with Gasteiger partial charge < -0.3 is 20.4 Å². The Bertz CT molecular complexity index is 912.